The fourth-order valence-electron chi connectivity index (χ4n) is 3.26. The van der Waals surface area contributed by atoms with Crippen molar-refractivity contribution in [3.8, 4) is 10.6 Å². The van der Waals surface area contributed by atoms with Gasteiger partial charge in [-0.15, -0.1) is 11.3 Å². The zero-order valence-corrected chi connectivity index (χ0v) is 15.6. The van der Waals surface area contributed by atoms with Crippen LogP contribution in [-0.4, -0.2) is 40.0 Å². The van der Waals surface area contributed by atoms with Gasteiger partial charge in [-0.1, -0.05) is 6.92 Å². The van der Waals surface area contributed by atoms with Crippen LogP contribution < -0.4 is 0 Å². The molecule has 1 saturated heterocycles. The number of carbonyl (C=O) groups is 2. The lowest BCUT2D eigenvalue weighted by molar-refractivity contribution is -0.143. The van der Waals surface area contributed by atoms with Crippen LogP contribution in [0, 0.1) is 24.6 Å². The number of carboxylic acid groups (broad SMARTS) is 1. The Labute approximate surface area is 155 Å². The van der Waals surface area contributed by atoms with E-state index in [1.807, 2.05) is 0 Å². The number of piperidine rings is 1. The molecule has 1 aromatic heterocycles. The summed E-state index contributed by atoms with van der Waals surface area (Å²) in [5, 5.41) is 9.84. The molecule has 1 N–H and O–H groups in total. The van der Waals surface area contributed by atoms with Crippen molar-refractivity contribution in [3.05, 3.63) is 40.7 Å². The third-order valence-corrected chi connectivity index (χ3v) is 6.20. The number of likely N-dealkylation sites (tertiary alicyclic amines) is 1. The topological polar surface area (TPSA) is 70.5 Å². The number of amides is 1. The Morgan fingerprint density at radius 2 is 1.88 bits per heavy atom. The molecule has 1 fully saturated rings. The molecular formula is C19H21FN2O3S. The van der Waals surface area contributed by atoms with Crippen LogP contribution >= 0.6 is 11.3 Å². The van der Waals surface area contributed by atoms with Gasteiger partial charge in [0.05, 0.1) is 11.6 Å². The number of aliphatic carboxylic acids is 1. The Hall–Kier alpha value is -2.28. The highest BCUT2D eigenvalue weighted by molar-refractivity contribution is 7.17. The van der Waals surface area contributed by atoms with Crippen molar-refractivity contribution in [1.29, 1.82) is 0 Å². The maximum atomic E-state index is 13.1. The molecule has 2 aromatic rings. The Bertz CT molecular complexity index is 811. The van der Waals surface area contributed by atoms with Crippen molar-refractivity contribution in [2.24, 2.45) is 11.8 Å². The molecule has 2 heterocycles. The van der Waals surface area contributed by atoms with Crippen molar-refractivity contribution < 1.29 is 19.1 Å². The first-order valence-corrected chi connectivity index (χ1v) is 9.44. The zero-order chi connectivity index (χ0) is 18.8. The molecule has 0 spiro atoms. The molecule has 0 aliphatic carbocycles. The maximum absolute atomic E-state index is 13.1. The second-order valence-corrected chi connectivity index (χ2v) is 7.70. The second kappa shape index (κ2) is 7.53. The molecule has 1 aromatic carbocycles. The fourth-order valence-corrected chi connectivity index (χ4v) is 4.30. The molecule has 1 unspecified atom stereocenters. The van der Waals surface area contributed by atoms with E-state index in [4.69, 9.17) is 5.11 Å². The third-order valence-electron chi connectivity index (χ3n) is 5.01. The number of hydrogen-bond acceptors (Lipinski definition) is 4. The molecule has 0 bridgehead atoms. The van der Waals surface area contributed by atoms with Crippen molar-refractivity contribution >= 4 is 23.2 Å². The molecule has 1 aliphatic rings. The maximum Gasteiger partial charge on any atom is 0.306 e. The monoisotopic (exact) mass is 376 g/mol. The highest BCUT2D eigenvalue weighted by Gasteiger charge is 2.31. The first-order valence-electron chi connectivity index (χ1n) is 8.62. The summed E-state index contributed by atoms with van der Waals surface area (Å²) in [4.78, 5) is 30.8. The molecule has 1 atom stereocenters. The van der Waals surface area contributed by atoms with Crippen LogP contribution in [0.15, 0.2) is 24.3 Å². The molecule has 0 radical (unpaired) electrons. The SMILES string of the molecule is Cc1nc(-c2ccc(F)cc2)sc1C(=O)N1CCC(C(C)C(=O)O)CC1. The van der Waals surface area contributed by atoms with Crippen LogP contribution in [0.1, 0.15) is 35.1 Å². The van der Waals surface area contributed by atoms with Crippen LogP contribution in [-0.2, 0) is 4.79 Å². The van der Waals surface area contributed by atoms with E-state index in [9.17, 15) is 14.0 Å². The Balaban J connectivity index is 1.71. The number of carboxylic acids is 1. The normalized spacial score (nSPS) is 16.5. The summed E-state index contributed by atoms with van der Waals surface area (Å²) < 4.78 is 13.1. The molecule has 138 valence electrons. The van der Waals surface area contributed by atoms with Crippen LogP contribution in [0.4, 0.5) is 4.39 Å². The summed E-state index contributed by atoms with van der Waals surface area (Å²) >= 11 is 1.31. The zero-order valence-electron chi connectivity index (χ0n) is 14.7. The van der Waals surface area contributed by atoms with Gasteiger partial charge >= 0.3 is 5.97 Å². The number of rotatable bonds is 4. The van der Waals surface area contributed by atoms with Gasteiger partial charge in [0.15, 0.2) is 0 Å². The second-order valence-electron chi connectivity index (χ2n) is 6.70. The number of nitrogens with zero attached hydrogens (tertiary/aromatic N) is 2. The van der Waals surface area contributed by atoms with E-state index in [2.05, 4.69) is 4.98 Å². The lowest BCUT2D eigenvalue weighted by Crippen LogP contribution is -2.40. The molecule has 5 nitrogen and oxygen atoms in total. The lowest BCUT2D eigenvalue weighted by Gasteiger charge is -2.33. The molecule has 0 saturated carbocycles. The first-order chi connectivity index (χ1) is 12.4. The highest BCUT2D eigenvalue weighted by Crippen LogP contribution is 2.31. The minimum Gasteiger partial charge on any atom is -0.481 e. The van der Waals surface area contributed by atoms with E-state index in [0.717, 1.165) is 5.56 Å². The van der Waals surface area contributed by atoms with Gasteiger partial charge < -0.3 is 10.0 Å². The number of hydrogen-bond donors (Lipinski definition) is 1. The average molecular weight is 376 g/mol. The summed E-state index contributed by atoms with van der Waals surface area (Å²) in [6.45, 7) is 4.65. The summed E-state index contributed by atoms with van der Waals surface area (Å²) in [7, 11) is 0. The van der Waals surface area contributed by atoms with E-state index in [1.165, 1.54) is 23.5 Å². The summed E-state index contributed by atoms with van der Waals surface area (Å²) in [6.07, 6.45) is 1.39. The lowest BCUT2D eigenvalue weighted by atomic mass is 9.85. The number of carbonyl (C=O) groups excluding carboxylic acids is 1. The van der Waals surface area contributed by atoms with Gasteiger partial charge in [-0.05, 0) is 49.9 Å². The Kier molecular flexibility index (Phi) is 5.36. The largest absolute Gasteiger partial charge is 0.481 e. The minimum atomic E-state index is -0.781. The number of halogens is 1. The van der Waals surface area contributed by atoms with Crippen LogP contribution in [0.25, 0.3) is 10.6 Å². The summed E-state index contributed by atoms with van der Waals surface area (Å²) in [5.74, 6) is -1.43. The number of aryl methyl sites for hydroxylation is 1. The van der Waals surface area contributed by atoms with Gasteiger partial charge in [0.1, 0.15) is 15.7 Å². The van der Waals surface area contributed by atoms with Crippen molar-refractivity contribution in [2.75, 3.05) is 13.1 Å². The Morgan fingerprint density at radius 1 is 1.27 bits per heavy atom. The van der Waals surface area contributed by atoms with Crippen molar-refractivity contribution in [1.82, 2.24) is 9.88 Å². The van der Waals surface area contributed by atoms with Crippen LogP contribution in [0.2, 0.25) is 0 Å². The van der Waals surface area contributed by atoms with Crippen LogP contribution in [0.3, 0.4) is 0 Å². The molecule has 26 heavy (non-hydrogen) atoms. The molecule has 3 rings (SSSR count). The standard InChI is InChI=1S/C19H21FN2O3S/c1-11(19(24)25)13-7-9-22(10-8-13)18(23)16-12(2)21-17(26-16)14-3-5-15(20)6-4-14/h3-6,11,13H,7-10H2,1-2H3,(H,24,25). The highest BCUT2D eigenvalue weighted by atomic mass is 32.1. The fraction of sp³-hybridized carbons (Fsp3) is 0.421. The summed E-state index contributed by atoms with van der Waals surface area (Å²) in [6, 6.07) is 6.06. The minimum absolute atomic E-state index is 0.0604. The Morgan fingerprint density at radius 3 is 2.46 bits per heavy atom. The molecular weight excluding hydrogens is 355 g/mol. The van der Waals surface area contributed by atoms with E-state index in [0.29, 0.717) is 41.5 Å². The van der Waals surface area contributed by atoms with E-state index >= 15 is 0 Å². The number of benzene rings is 1. The first kappa shape index (κ1) is 18.5. The molecule has 7 heteroatoms. The summed E-state index contributed by atoms with van der Waals surface area (Å²) in [5.41, 5.74) is 1.45. The molecule has 1 amide bonds. The molecule has 1 aliphatic heterocycles. The average Bonchev–Trinajstić information content (AvgIpc) is 3.03. The smallest absolute Gasteiger partial charge is 0.306 e. The predicted octanol–water partition coefficient (Wildman–Crippen LogP) is 3.83. The van der Waals surface area contributed by atoms with Crippen molar-refractivity contribution in [3.63, 3.8) is 0 Å². The third kappa shape index (κ3) is 3.77. The van der Waals surface area contributed by atoms with Crippen LogP contribution in [0.5, 0.6) is 0 Å². The van der Waals surface area contributed by atoms with Gasteiger partial charge in [0, 0.05) is 18.7 Å². The van der Waals surface area contributed by atoms with Gasteiger partial charge in [-0.25, -0.2) is 9.37 Å². The number of aromatic nitrogens is 1. The quantitative estimate of drug-likeness (QED) is 0.880. The van der Waals surface area contributed by atoms with E-state index in [-0.39, 0.29) is 23.6 Å². The van der Waals surface area contributed by atoms with E-state index < -0.39 is 5.97 Å². The van der Waals surface area contributed by atoms with Gasteiger partial charge in [0.2, 0.25) is 0 Å². The van der Waals surface area contributed by atoms with Gasteiger partial charge in [-0.3, -0.25) is 9.59 Å². The van der Waals surface area contributed by atoms with Gasteiger partial charge in [0.25, 0.3) is 5.91 Å². The van der Waals surface area contributed by atoms with Crippen molar-refractivity contribution in [2.45, 2.75) is 26.7 Å². The van der Waals surface area contributed by atoms with E-state index in [1.54, 1.807) is 30.9 Å². The predicted molar refractivity (Wildman–Crippen MR) is 97.7 cm³/mol. The van der Waals surface area contributed by atoms with Gasteiger partial charge in [-0.2, -0.15) is 0 Å². The number of thiazole rings is 1.